The van der Waals surface area contributed by atoms with E-state index in [2.05, 4.69) is 10.5 Å². The molecule has 1 amide bonds. The van der Waals surface area contributed by atoms with Crippen molar-refractivity contribution in [2.45, 2.75) is 32.1 Å². The van der Waals surface area contributed by atoms with Gasteiger partial charge >= 0.3 is 0 Å². The van der Waals surface area contributed by atoms with E-state index in [4.69, 9.17) is 27.7 Å². The first kappa shape index (κ1) is 14.4. The van der Waals surface area contributed by atoms with Gasteiger partial charge in [-0.3, -0.25) is 4.79 Å². The summed E-state index contributed by atoms with van der Waals surface area (Å²) in [7, 11) is 0. The summed E-state index contributed by atoms with van der Waals surface area (Å²) < 4.78 is 5.31. The highest BCUT2D eigenvalue weighted by molar-refractivity contribution is 6.44. The second-order valence-corrected chi connectivity index (χ2v) is 5.83. The minimum atomic E-state index is -0.314. The third kappa shape index (κ3) is 2.92. The van der Waals surface area contributed by atoms with E-state index in [1.54, 1.807) is 18.2 Å². The number of nitrogens with zero attached hydrogens (tertiary/aromatic N) is 1. The number of halogens is 2. The molecule has 0 saturated carbocycles. The maximum Gasteiger partial charge on any atom is 0.278 e. The van der Waals surface area contributed by atoms with Crippen LogP contribution < -0.4 is 5.32 Å². The van der Waals surface area contributed by atoms with Gasteiger partial charge in [-0.25, -0.2) is 0 Å². The van der Waals surface area contributed by atoms with Gasteiger partial charge in [0.05, 0.1) is 15.7 Å². The van der Waals surface area contributed by atoms with E-state index in [0.717, 1.165) is 43.4 Å². The summed E-state index contributed by atoms with van der Waals surface area (Å²) in [5, 5.41) is 7.39. The number of carbonyl (C=O) groups is 1. The third-order valence-electron chi connectivity index (χ3n) is 3.62. The number of benzene rings is 1. The van der Waals surface area contributed by atoms with Gasteiger partial charge in [-0.1, -0.05) is 40.8 Å². The van der Waals surface area contributed by atoms with E-state index in [-0.39, 0.29) is 5.91 Å². The SMILES string of the molecule is O=C(Nc1cccc(Cl)c1Cl)c1noc2c1CCCCC2. The molecule has 0 unspecified atom stereocenters. The van der Waals surface area contributed by atoms with Crippen molar-refractivity contribution in [3.05, 3.63) is 45.3 Å². The first-order chi connectivity index (χ1) is 10.2. The number of hydrogen-bond acceptors (Lipinski definition) is 3. The molecule has 1 heterocycles. The fraction of sp³-hybridized carbons (Fsp3) is 0.333. The average Bonchev–Trinajstić information content (AvgIpc) is 2.73. The predicted octanol–water partition coefficient (Wildman–Crippen LogP) is 4.50. The van der Waals surface area contributed by atoms with Crippen molar-refractivity contribution >= 4 is 34.8 Å². The summed E-state index contributed by atoms with van der Waals surface area (Å²) in [4.78, 5) is 12.4. The Labute approximate surface area is 132 Å². The molecular formula is C15H14Cl2N2O2. The number of hydrogen-bond donors (Lipinski definition) is 1. The van der Waals surface area contributed by atoms with Crippen molar-refractivity contribution in [2.24, 2.45) is 0 Å². The molecule has 2 aromatic rings. The molecule has 1 N–H and O–H groups in total. The average molecular weight is 325 g/mol. The smallest absolute Gasteiger partial charge is 0.278 e. The highest BCUT2D eigenvalue weighted by Crippen LogP contribution is 2.30. The molecule has 21 heavy (non-hydrogen) atoms. The van der Waals surface area contributed by atoms with E-state index < -0.39 is 0 Å². The molecule has 3 rings (SSSR count). The lowest BCUT2D eigenvalue weighted by atomic mass is 10.1. The van der Waals surface area contributed by atoms with Crippen LogP contribution in [-0.4, -0.2) is 11.1 Å². The molecule has 6 heteroatoms. The first-order valence-electron chi connectivity index (χ1n) is 6.89. The standard InChI is InChI=1S/C15H14Cl2N2O2/c16-10-6-4-7-11(13(10)17)18-15(20)14-9-5-2-1-3-8-12(9)21-19-14/h4,6-7H,1-3,5,8H2,(H,18,20). The van der Waals surface area contributed by atoms with Gasteiger partial charge in [0.25, 0.3) is 5.91 Å². The predicted molar refractivity (Wildman–Crippen MR) is 82.2 cm³/mol. The summed E-state index contributed by atoms with van der Waals surface area (Å²) in [6.07, 6.45) is 4.93. The van der Waals surface area contributed by atoms with Crippen molar-refractivity contribution in [3.63, 3.8) is 0 Å². The van der Waals surface area contributed by atoms with Gasteiger partial charge in [0.15, 0.2) is 5.69 Å². The first-order valence-corrected chi connectivity index (χ1v) is 7.65. The van der Waals surface area contributed by atoms with E-state index >= 15 is 0 Å². The maximum absolute atomic E-state index is 12.4. The number of anilines is 1. The Bertz CT molecular complexity index is 682. The van der Waals surface area contributed by atoms with Crippen molar-refractivity contribution in [1.29, 1.82) is 0 Å². The summed E-state index contributed by atoms with van der Waals surface area (Å²) >= 11 is 12.0. The molecule has 0 saturated heterocycles. The van der Waals surface area contributed by atoms with Gasteiger partial charge in [0.1, 0.15) is 5.76 Å². The summed E-state index contributed by atoms with van der Waals surface area (Å²) in [5.41, 5.74) is 1.74. The van der Waals surface area contributed by atoms with Crippen LogP contribution in [0.15, 0.2) is 22.7 Å². The Morgan fingerprint density at radius 3 is 2.86 bits per heavy atom. The Kier molecular flexibility index (Phi) is 4.17. The minimum absolute atomic E-state index is 0.314. The minimum Gasteiger partial charge on any atom is -0.360 e. The van der Waals surface area contributed by atoms with Gasteiger partial charge in [-0.05, 0) is 31.4 Å². The van der Waals surface area contributed by atoms with Gasteiger partial charge < -0.3 is 9.84 Å². The fourth-order valence-electron chi connectivity index (χ4n) is 2.52. The second kappa shape index (κ2) is 6.08. The van der Waals surface area contributed by atoms with Crippen molar-refractivity contribution in [3.8, 4) is 0 Å². The molecule has 0 bridgehead atoms. The number of amides is 1. The van der Waals surface area contributed by atoms with Crippen LogP contribution in [0, 0.1) is 0 Å². The van der Waals surface area contributed by atoms with Crippen LogP contribution in [0.5, 0.6) is 0 Å². The molecule has 1 aromatic carbocycles. The van der Waals surface area contributed by atoms with Crippen LogP contribution in [-0.2, 0) is 12.8 Å². The van der Waals surface area contributed by atoms with Crippen LogP contribution in [0.3, 0.4) is 0 Å². The molecular weight excluding hydrogens is 311 g/mol. The topological polar surface area (TPSA) is 55.1 Å². The normalized spacial score (nSPS) is 14.4. The van der Waals surface area contributed by atoms with E-state index in [1.165, 1.54) is 0 Å². The zero-order chi connectivity index (χ0) is 14.8. The van der Waals surface area contributed by atoms with Crippen LogP contribution in [0.25, 0.3) is 0 Å². The molecule has 1 aliphatic rings. The fourth-order valence-corrected chi connectivity index (χ4v) is 2.87. The van der Waals surface area contributed by atoms with E-state index in [0.29, 0.717) is 21.4 Å². The van der Waals surface area contributed by atoms with Crippen LogP contribution in [0.2, 0.25) is 10.0 Å². The van der Waals surface area contributed by atoms with Crippen molar-refractivity contribution < 1.29 is 9.32 Å². The van der Waals surface area contributed by atoms with Gasteiger partial charge in [-0.2, -0.15) is 0 Å². The Morgan fingerprint density at radius 1 is 1.19 bits per heavy atom. The number of carbonyl (C=O) groups excluding carboxylic acids is 1. The second-order valence-electron chi connectivity index (χ2n) is 5.05. The quantitative estimate of drug-likeness (QED) is 0.827. The monoisotopic (exact) mass is 324 g/mol. The van der Waals surface area contributed by atoms with Gasteiger partial charge in [-0.15, -0.1) is 0 Å². The number of nitrogens with one attached hydrogen (secondary N) is 1. The van der Waals surface area contributed by atoms with Crippen LogP contribution in [0.4, 0.5) is 5.69 Å². The largest absolute Gasteiger partial charge is 0.360 e. The lowest BCUT2D eigenvalue weighted by Crippen LogP contribution is -2.15. The van der Waals surface area contributed by atoms with E-state index in [1.807, 2.05) is 0 Å². The lowest BCUT2D eigenvalue weighted by Gasteiger charge is -2.07. The molecule has 1 aliphatic carbocycles. The van der Waals surface area contributed by atoms with Crippen LogP contribution in [0.1, 0.15) is 41.1 Å². The Balaban J connectivity index is 1.86. The lowest BCUT2D eigenvalue weighted by molar-refractivity contribution is 0.101. The third-order valence-corrected chi connectivity index (χ3v) is 4.43. The summed E-state index contributed by atoms with van der Waals surface area (Å²) in [6, 6.07) is 5.10. The Morgan fingerprint density at radius 2 is 2.00 bits per heavy atom. The molecule has 0 radical (unpaired) electrons. The zero-order valence-corrected chi connectivity index (χ0v) is 12.8. The number of aryl methyl sites for hydroxylation is 1. The number of fused-ring (bicyclic) bond motifs is 1. The van der Waals surface area contributed by atoms with Crippen molar-refractivity contribution in [1.82, 2.24) is 5.16 Å². The van der Waals surface area contributed by atoms with Crippen LogP contribution >= 0.6 is 23.2 Å². The maximum atomic E-state index is 12.4. The van der Waals surface area contributed by atoms with Gasteiger partial charge in [0.2, 0.25) is 0 Å². The summed E-state index contributed by atoms with van der Waals surface area (Å²) in [5.74, 6) is 0.515. The van der Waals surface area contributed by atoms with Gasteiger partial charge in [0, 0.05) is 12.0 Å². The number of aromatic nitrogens is 1. The molecule has 0 spiro atoms. The zero-order valence-electron chi connectivity index (χ0n) is 11.3. The van der Waals surface area contributed by atoms with Crippen molar-refractivity contribution in [2.75, 3.05) is 5.32 Å². The summed E-state index contributed by atoms with van der Waals surface area (Å²) in [6.45, 7) is 0. The molecule has 4 nitrogen and oxygen atoms in total. The highest BCUT2D eigenvalue weighted by Gasteiger charge is 2.23. The molecule has 110 valence electrons. The molecule has 0 aliphatic heterocycles. The molecule has 0 atom stereocenters. The molecule has 1 aromatic heterocycles. The molecule has 0 fully saturated rings. The highest BCUT2D eigenvalue weighted by atomic mass is 35.5. The van der Waals surface area contributed by atoms with E-state index in [9.17, 15) is 4.79 Å². The Hall–Kier alpha value is -1.52. The number of rotatable bonds is 2.